The Hall–Kier alpha value is -3.46. The van der Waals surface area contributed by atoms with Crippen molar-refractivity contribution >= 4 is 28.9 Å². The van der Waals surface area contributed by atoms with Gasteiger partial charge < -0.3 is 19.9 Å². The van der Waals surface area contributed by atoms with Crippen LogP contribution in [0.25, 0.3) is 0 Å². The quantitative estimate of drug-likeness (QED) is 0.430. The average Bonchev–Trinajstić information content (AvgIpc) is 2.78. The Bertz CT molecular complexity index is 999. The minimum Gasteiger partial charge on any atom is -0.465 e. The summed E-state index contributed by atoms with van der Waals surface area (Å²) in [6, 6.07) is 9.38. The summed E-state index contributed by atoms with van der Waals surface area (Å²) in [6.07, 6.45) is 0. The van der Waals surface area contributed by atoms with Gasteiger partial charge in [0.15, 0.2) is 0 Å². The Morgan fingerprint density at radius 2 is 1.77 bits per heavy atom. The van der Waals surface area contributed by atoms with E-state index in [-0.39, 0.29) is 11.3 Å². The van der Waals surface area contributed by atoms with Crippen molar-refractivity contribution in [1.29, 1.82) is 0 Å². The molecule has 9 heteroatoms. The summed E-state index contributed by atoms with van der Waals surface area (Å²) >= 11 is 0. The molecule has 1 fully saturated rings. The fourth-order valence-corrected chi connectivity index (χ4v) is 3.60. The van der Waals surface area contributed by atoms with Crippen LogP contribution in [0.1, 0.15) is 33.2 Å². The van der Waals surface area contributed by atoms with Gasteiger partial charge in [-0.1, -0.05) is 13.0 Å². The van der Waals surface area contributed by atoms with E-state index in [2.05, 4.69) is 22.0 Å². The summed E-state index contributed by atoms with van der Waals surface area (Å²) < 4.78 is 4.80. The number of nitrogens with one attached hydrogen (secondary N) is 1. The zero-order chi connectivity index (χ0) is 22.5. The predicted octanol–water partition coefficient (Wildman–Crippen LogP) is 3.08. The van der Waals surface area contributed by atoms with Gasteiger partial charge in [-0.05, 0) is 37.7 Å². The molecule has 2 aromatic carbocycles. The van der Waals surface area contributed by atoms with Gasteiger partial charge in [0, 0.05) is 43.4 Å². The number of hydrogen-bond donors (Lipinski definition) is 1. The number of carbonyl (C=O) groups excluding carboxylic acids is 2. The number of nitro groups is 1. The van der Waals surface area contributed by atoms with E-state index >= 15 is 0 Å². The maximum atomic E-state index is 12.9. The third-order valence-electron chi connectivity index (χ3n) is 5.49. The molecule has 31 heavy (non-hydrogen) atoms. The monoisotopic (exact) mass is 426 g/mol. The summed E-state index contributed by atoms with van der Waals surface area (Å²) in [5.41, 5.74) is 2.08. The van der Waals surface area contributed by atoms with Gasteiger partial charge in [0.1, 0.15) is 0 Å². The summed E-state index contributed by atoms with van der Waals surface area (Å²) in [5.74, 6) is -0.998. The number of carbonyl (C=O) groups is 2. The molecule has 0 atom stereocenters. The normalized spacial score (nSPS) is 14.2. The Kier molecular flexibility index (Phi) is 6.86. The van der Waals surface area contributed by atoms with E-state index < -0.39 is 16.8 Å². The minimum atomic E-state index is -0.511. The molecule has 1 heterocycles. The van der Waals surface area contributed by atoms with E-state index in [0.717, 1.165) is 38.4 Å². The summed E-state index contributed by atoms with van der Waals surface area (Å²) in [6.45, 7) is 8.07. The van der Waals surface area contributed by atoms with Crippen LogP contribution >= 0.6 is 0 Å². The van der Waals surface area contributed by atoms with Gasteiger partial charge in [0.25, 0.3) is 11.6 Å². The van der Waals surface area contributed by atoms with Gasteiger partial charge in [0.05, 0.1) is 29.0 Å². The lowest BCUT2D eigenvalue weighted by Crippen LogP contribution is -2.46. The van der Waals surface area contributed by atoms with Crippen LogP contribution in [-0.2, 0) is 4.74 Å². The number of methoxy groups -OCH3 is 1. The largest absolute Gasteiger partial charge is 0.465 e. The lowest BCUT2D eigenvalue weighted by molar-refractivity contribution is -0.385. The van der Waals surface area contributed by atoms with Crippen LogP contribution in [0.5, 0.6) is 0 Å². The van der Waals surface area contributed by atoms with E-state index in [4.69, 9.17) is 4.74 Å². The number of amides is 1. The molecule has 1 saturated heterocycles. The molecule has 2 aromatic rings. The molecule has 1 aliphatic rings. The molecular formula is C22H26N4O5. The van der Waals surface area contributed by atoms with E-state index in [9.17, 15) is 19.7 Å². The number of aryl methyl sites for hydroxylation is 1. The first kappa shape index (κ1) is 22.2. The highest BCUT2D eigenvalue weighted by molar-refractivity contribution is 6.07. The van der Waals surface area contributed by atoms with Crippen molar-refractivity contribution in [3.8, 4) is 0 Å². The molecule has 0 unspecified atom stereocenters. The number of ether oxygens (including phenoxy) is 1. The Morgan fingerprint density at radius 1 is 1.10 bits per heavy atom. The molecule has 0 bridgehead atoms. The van der Waals surface area contributed by atoms with Crippen LogP contribution in [0.4, 0.5) is 17.1 Å². The standard InChI is InChI=1S/C22H26N4O5/c1-4-24-9-11-25(12-10-24)19-8-7-17(22(28)31-3)13-18(19)23-21(27)16-6-5-15(2)20(14-16)26(29)30/h5-8,13-14H,4,9-12H2,1-3H3,(H,23,27). The molecule has 1 amide bonds. The van der Waals surface area contributed by atoms with Crippen LogP contribution in [-0.4, -0.2) is 61.5 Å². The molecule has 0 radical (unpaired) electrons. The number of nitrogens with zero attached hydrogens (tertiary/aromatic N) is 3. The molecule has 0 spiro atoms. The zero-order valence-corrected chi connectivity index (χ0v) is 17.9. The van der Waals surface area contributed by atoms with Crippen LogP contribution in [0.15, 0.2) is 36.4 Å². The first-order valence-electron chi connectivity index (χ1n) is 10.1. The number of benzene rings is 2. The maximum absolute atomic E-state index is 12.9. The molecule has 9 nitrogen and oxygen atoms in total. The fourth-order valence-electron chi connectivity index (χ4n) is 3.60. The highest BCUT2D eigenvalue weighted by atomic mass is 16.6. The summed E-state index contributed by atoms with van der Waals surface area (Å²) in [5, 5.41) is 14.1. The second-order valence-corrected chi connectivity index (χ2v) is 7.36. The van der Waals surface area contributed by atoms with Crippen LogP contribution in [0.2, 0.25) is 0 Å². The smallest absolute Gasteiger partial charge is 0.337 e. The first-order chi connectivity index (χ1) is 14.8. The Labute approximate surface area is 180 Å². The number of likely N-dealkylation sites (N-methyl/N-ethyl adjacent to an activating group) is 1. The van der Waals surface area contributed by atoms with Crippen molar-refractivity contribution in [2.45, 2.75) is 13.8 Å². The molecule has 3 rings (SSSR count). The number of anilines is 2. The number of nitro benzene ring substituents is 1. The topological polar surface area (TPSA) is 105 Å². The highest BCUT2D eigenvalue weighted by Gasteiger charge is 2.22. The minimum absolute atomic E-state index is 0.119. The van der Waals surface area contributed by atoms with E-state index in [1.54, 1.807) is 37.3 Å². The van der Waals surface area contributed by atoms with E-state index in [0.29, 0.717) is 16.8 Å². The lowest BCUT2D eigenvalue weighted by atomic mass is 10.1. The molecule has 0 aliphatic carbocycles. The van der Waals surface area contributed by atoms with Crippen molar-refractivity contribution < 1.29 is 19.2 Å². The number of hydrogen-bond acceptors (Lipinski definition) is 7. The van der Waals surface area contributed by atoms with Crippen LogP contribution in [0, 0.1) is 17.0 Å². The SMILES string of the molecule is CCN1CCN(c2ccc(C(=O)OC)cc2NC(=O)c2ccc(C)c([N+](=O)[O-])c2)CC1. The fraction of sp³-hybridized carbons (Fsp3) is 0.364. The average molecular weight is 426 g/mol. The summed E-state index contributed by atoms with van der Waals surface area (Å²) in [7, 11) is 1.30. The molecular weight excluding hydrogens is 400 g/mol. The third kappa shape index (κ3) is 5.00. The molecule has 164 valence electrons. The van der Waals surface area contributed by atoms with Gasteiger partial charge in [-0.25, -0.2) is 4.79 Å². The van der Waals surface area contributed by atoms with Crippen LogP contribution < -0.4 is 10.2 Å². The molecule has 1 N–H and O–H groups in total. The second kappa shape index (κ2) is 9.57. The maximum Gasteiger partial charge on any atom is 0.337 e. The van der Waals surface area contributed by atoms with Gasteiger partial charge >= 0.3 is 5.97 Å². The zero-order valence-electron chi connectivity index (χ0n) is 17.9. The number of rotatable bonds is 6. The predicted molar refractivity (Wildman–Crippen MR) is 118 cm³/mol. The lowest BCUT2D eigenvalue weighted by Gasteiger charge is -2.36. The van der Waals surface area contributed by atoms with Crippen molar-refractivity contribution in [3.63, 3.8) is 0 Å². The molecule has 0 aromatic heterocycles. The molecule has 1 aliphatic heterocycles. The van der Waals surface area contributed by atoms with E-state index in [1.807, 2.05) is 0 Å². The van der Waals surface area contributed by atoms with Crippen molar-refractivity contribution in [2.24, 2.45) is 0 Å². The third-order valence-corrected chi connectivity index (χ3v) is 5.49. The summed E-state index contributed by atoms with van der Waals surface area (Å²) in [4.78, 5) is 40.1. The Morgan fingerprint density at radius 3 is 2.39 bits per heavy atom. The first-order valence-corrected chi connectivity index (χ1v) is 10.1. The van der Waals surface area contributed by atoms with Gasteiger partial charge in [0.2, 0.25) is 0 Å². The number of piperazine rings is 1. The van der Waals surface area contributed by atoms with Crippen molar-refractivity contribution in [1.82, 2.24) is 4.90 Å². The Balaban J connectivity index is 1.92. The highest BCUT2D eigenvalue weighted by Crippen LogP contribution is 2.30. The second-order valence-electron chi connectivity index (χ2n) is 7.36. The number of esters is 1. The van der Waals surface area contributed by atoms with Gasteiger partial charge in [-0.15, -0.1) is 0 Å². The molecule has 0 saturated carbocycles. The van der Waals surface area contributed by atoms with Gasteiger partial charge in [-0.2, -0.15) is 0 Å². The van der Waals surface area contributed by atoms with Crippen molar-refractivity contribution in [3.05, 3.63) is 63.2 Å². The van der Waals surface area contributed by atoms with Gasteiger partial charge in [-0.3, -0.25) is 14.9 Å². The van der Waals surface area contributed by atoms with Crippen LogP contribution in [0.3, 0.4) is 0 Å². The van der Waals surface area contributed by atoms with E-state index in [1.165, 1.54) is 13.2 Å². The van der Waals surface area contributed by atoms with Crippen molar-refractivity contribution in [2.75, 3.05) is 50.1 Å².